The zero-order valence-electron chi connectivity index (χ0n) is 22.2. The van der Waals surface area contributed by atoms with Gasteiger partial charge < -0.3 is 29.7 Å². The number of hydrogen-bond donors (Lipinski definition) is 2. The minimum atomic E-state index is -0.331. The lowest BCUT2D eigenvalue weighted by Crippen LogP contribution is -2.52. The summed E-state index contributed by atoms with van der Waals surface area (Å²) in [5.41, 5.74) is 2.19. The first-order chi connectivity index (χ1) is 18.4. The third-order valence-electron chi connectivity index (χ3n) is 7.33. The summed E-state index contributed by atoms with van der Waals surface area (Å²) in [5, 5.41) is 8.66. The topological polar surface area (TPSA) is 105 Å². The maximum absolute atomic E-state index is 13.5. The fourth-order valence-electron chi connectivity index (χ4n) is 4.95. The molecule has 0 unspecified atom stereocenters. The predicted molar refractivity (Wildman–Crippen MR) is 146 cm³/mol. The summed E-state index contributed by atoms with van der Waals surface area (Å²) in [6.07, 6.45) is 1.55. The molecule has 0 aliphatic carbocycles. The number of amides is 2. The Morgan fingerprint density at radius 1 is 1.03 bits per heavy atom. The number of rotatable bonds is 7. The van der Waals surface area contributed by atoms with Crippen molar-refractivity contribution in [3.63, 3.8) is 0 Å². The highest BCUT2D eigenvalue weighted by atomic mass is 32.1. The standard InChI is InChI=1S/C27H37N5O5S/c1-27(2)18-37-14-9-32(27)16-19-3-4-22(21(15-19)24(33)28-20-5-10-35-11-6-20)29-25(34)23-17-38-26(30-23)31-7-12-36-13-8-31/h3-4,15,17,20H,5-14,16,18H2,1-2H3,(H,28,33)(H,29,34). The Hall–Kier alpha value is -2.57. The van der Waals surface area contributed by atoms with Crippen molar-refractivity contribution in [1.29, 1.82) is 0 Å². The number of thiazole rings is 1. The predicted octanol–water partition coefficient (Wildman–Crippen LogP) is 2.75. The van der Waals surface area contributed by atoms with E-state index in [4.69, 9.17) is 14.2 Å². The van der Waals surface area contributed by atoms with Crippen LogP contribution < -0.4 is 15.5 Å². The van der Waals surface area contributed by atoms with Crippen LogP contribution in [0.15, 0.2) is 23.6 Å². The van der Waals surface area contributed by atoms with E-state index in [0.29, 0.717) is 63.1 Å². The molecule has 0 spiro atoms. The van der Waals surface area contributed by atoms with Crippen molar-refractivity contribution in [3.05, 3.63) is 40.4 Å². The molecule has 3 fully saturated rings. The zero-order valence-corrected chi connectivity index (χ0v) is 23.0. The van der Waals surface area contributed by atoms with Crippen LogP contribution in [0, 0.1) is 0 Å². The van der Waals surface area contributed by atoms with Gasteiger partial charge in [0.2, 0.25) is 0 Å². The number of carbonyl (C=O) groups excluding carboxylic acids is 2. The van der Waals surface area contributed by atoms with Crippen molar-refractivity contribution in [2.45, 2.75) is 44.8 Å². The summed E-state index contributed by atoms with van der Waals surface area (Å²) < 4.78 is 16.5. The highest BCUT2D eigenvalue weighted by Crippen LogP contribution is 2.26. The number of carbonyl (C=O) groups is 2. The monoisotopic (exact) mass is 543 g/mol. The lowest BCUT2D eigenvalue weighted by atomic mass is 10.00. The number of morpholine rings is 2. The van der Waals surface area contributed by atoms with Crippen LogP contribution in [0.4, 0.5) is 10.8 Å². The van der Waals surface area contributed by atoms with E-state index in [1.54, 1.807) is 5.38 Å². The van der Waals surface area contributed by atoms with Crippen molar-refractivity contribution in [3.8, 4) is 0 Å². The van der Waals surface area contributed by atoms with Crippen LogP contribution in [0.2, 0.25) is 0 Å². The molecule has 206 valence electrons. The van der Waals surface area contributed by atoms with Crippen LogP contribution >= 0.6 is 11.3 Å². The number of benzene rings is 1. The molecule has 10 nitrogen and oxygen atoms in total. The van der Waals surface area contributed by atoms with Gasteiger partial charge in [0.1, 0.15) is 5.69 Å². The smallest absolute Gasteiger partial charge is 0.275 e. The van der Waals surface area contributed by atoms with Gasteiger partial charge in [-0.1, -0.05) is 6.07 Å². The Morgan fingerprint density at radius 2 is 1.76 bits per heavy atom. The summed E-state index contributed by atoms with van der Waals surface area (Å²) in [6.45, 7) is 11.3. The van der Waals surface area contributed by atoms with E-state index in [0.717, 1.165) is 43.2 Å². The van der Waals surface area contributed by atoms with E-state index in [1.807, 2.05) is 18.2 Å². The van der Waals surface area contributed by atoms with Gasteiger partial charge in [0, 0.05) is 56.4 Å². The average molecular weight is 544 g/mol. The van der Waals surface area contributed by atoms with E-state index in [1.165, 1.54) is 11.3 Å². The van der Waals surface area contributed by atoms with Gasteiger partial charge in [-0.2, -0.15) is 0 Å². The minimum absolute atomic E-state index is 0.0521. The van der Waals surface area contributed by atoms with E-state index in [-0.39, 0.29) is 23.4 Å². The highest BCUT2D eigenvalue weighted by molar-refractivity contribution is 7.14. The quantitative estimate of drug-likeness (QED) is 0.549. The molecule has 1 aromatic heterocycles. The van der Waals surface area contributed by atoms with E-state index in [2.05, 4.69) is 39.3 Å². The molecule has 3 aliphatic rings. The van der Waals surface area contributed by atoms with Crippen molar-refractivity contribution in [2.24, 2.45) is 0 Å². The van der Waals surface area contributed by atoms with Gasteiger partial charge in [-0.3, -0.25) is 14.5 Å². The maximum Gasteiger partial charge on any atom is 0.275 e. The molecule has 5 rings (SSSR count). The largest absolute Gasteiger partial charge is 0.381 e. The van der Waals surface area contributed by atoms with E-state index >= 15 is 0 Å². The molecule has 2 aromatic rings. The number of hydrogen-bond acceptors (Lipinski definition) is 9. The van der Waals surface area contributed by atoms with E-state index < -0.39 is 0 Å². The Balaban J connectivity index is 1.35. The van der Waals surface area contributed by atoms with Crippen molar-refractivity contribution >= 4 is 34.0 Å². The molecule has 3 saturated heterocycles. The highest BCUT2D eigenvalue weighted by Gasteiger charge is 2.31. The minimum Gasteiger partial charge on any atom is -0.381 e. The molecule has 2 amide bonds. The van der Waals surface area contributed by atoms with Crippen molar-refractivity contribution in [1.82, 2.24) is 15.2 Å². The second-order valence-corrected chi connectivity index (χ2v) is 11.4. The van der Waals surface area contributed by atoms with Crippen LogP contribution in [0.3, 0.4) is 0 Å². The summed E-state index contributed by atoms with van der Waals surface area (Å²) in [7, 11) is 0. The molecule has 38 heavy (non-hydrogen) atoms. The van der Waals surface area contributed by atoms with Gasteiger partial charge in [-0.15, -0.1) is 11.3 Å². The average Bonchev–Trinajstić information content (AvgIpc) is 3.42. The maximum atomic E-state index is 13.5. The Morgan fingerprint density at radius 3 is 2.53 bits per heavy atom. The third kappa shape index (κ3) is 6.52. The van der Waals surface area contributed by atoms with Gasteiger partial charge in [-0.25, -0.2) is 4.98 Å². The SMILES string of the molecule is CC1(C)COCCN1Cc1ccc(NC(=O)c2csc(N3CCOCC3)n2)c(C(=O)NC2CCOCC2)c1. The first-order valence-corrected chi connectivity index (χ1v) is 14.2. The summed E-state index contributed by atoms with van der Waals surface area (Å²) in [4.78, 5) is 35.7. The molecule has 0 radical (unpaired) electrons. The number of nitrogens with zero attached hydrogens (tertiary/aromatic N) is 3. The lowest BCUT2D eigenvalue weighted by Gasteiger charge is -2.42. The zero-order chi connectivity index (χ0) is 26.5. The number of aromatic nitrogens is 1. The van der Waals surface area contributed by atoms with E-state index in [9.17, 15) is 9.59 Å². The van der Waals surface area contributed by atoms with Gasteiger partial charge in [-0.05, 0) is 44.4 Å². The number of anilines is 2. The van der Waals surface area contributed by atoms with Crippen LogP contribution in [0.5, 0.6) is 0 Å². The second-order valence-electron chi connectivity index (χ2n) is 10.6. The van der Waals surface area contributed by atoms with Gasteiger partial charge in [0.05, 0.1) is 37.7 Å². The van der Waals surface area contributed by atoms with Gasteiger partial charge in [0.15, 0.2) is 5.13 Å². The van der Waals surface area contributed by atoms with Crippen molar-refractivity contribution in [2.75, 3.05) is 69.5 Å². The first kappa shape index (κ1) is 27.0. The van der Waals surface area contributed by atoms with Crippen LogP contribution in [-0.2, 0) is 20.8 Å². The molecule has 3 aliphatic heterocycles. The fourth-order valence-corrected chi connectivity index (χ4v) is 5.81. The Labute approximate surface area is 227 Å². The first-order valence-electron chi connectivity index (χ1n) is 13.3. The number of nitrogens with one attached hydrogen (secondary N) is 2. The fraction of sp³-hybridized carbons (Fsp3) is 0.593. The molecular formula is C27H37N5O5S. The van der Waals surface area contributed by atoms with Crippen LogP contribution in [0.1, 0.15) is 53.1 Å². The summed E-state index contributed by atoms with van der Waals surface area (Å²) >= 11 is 1.44. The molecule has 0 atom stereocenters. The molecule has 0 bridgehead atoms. The molecular weight excluding hydrogens is 506 g/mol. The normalized spacial score (nSPS) is 20.7. The molecule has 11 heteroatoms. The van der Waals surface area contributed by atoms with Crippen molar-refractivity contribution < 1.29 is 23.8 Å². The van der Waals surface area contributed by atoms with Crippen LogP contribution in [0.25, 0.3) is 0 Å². The molecule has 0 saturated carbocycles. The Kier molecular flexibility index (Phi) is 8.59. The van der Waals surface area contributed by atoms with Gasteiger partial charge in [0.25, 0.3) is 11.8 Å². The molecule has 1 aromatic carbocycles. The van der Waals surface area contributed by atoms with Crippen LogP contribution in [-0.4, -0.2) is 92.6 Å². The van der Waals surface area contributed by atoms with Gasteiger partial charge >= 0.3 is 0 Å². The molecule has 2 N–H and O–H groups in total. The second kappa shape index (κ2) is 12.1. The number of ether oxygens (including phenoxy) is 3. The Bertz CT molecular complexity index is 1130. The molecule has 4 heterocycles. The lowest BCUT2D eigenvalue weighted by molar-refractivity contribution is -0.0552. The summed E-state index contributed by atoms with van der Waals surface area (Å²) in [5.74, 6) is -0.523. The third-order valence-corrected chi connectivity index (χ3v) is 8.23. The summed E-state index contributed by atoms with van der Waals surface area (Å²) in [6, 6.07) is 5.76.